The SMILES string of the molecule is CC(C)c1ccc(C(C)Nc2ccc(C(=O)O)cc2)cc1. The molecule has 110 valence electrons. The fraction of sp³-hybridized carbons (Fsp3) is 0.278. The van der Waals surface area contributed by atoms with Gasteiger partial charge in [0.15, 0.2) is 0 Å². The van der Waals surface area contributed by atoms with Gasteiger partial charge in [-0.15, -0.1) is 0 Å². The van der Waals surface area contributed by atoms with Gasteiger partial charge in [0.25, 0.3) is 0 Å². The number of hydrogen-bond acceptors (Lipinski definition) is 2. The average molecular weight is 283 g/mol. The molecular formula is C18H21NO2. The number of carboxylic acid groups (broad SMARTS) is 1. The Bertz CT molecular complexity index is 600. The number of carboxylic acids is 1. The molecule has 0 aromatic heterocycles. The molecule has 0 radical (unpaired) electrons. The summed E-state index contributed by atoms with van der Waals surface area (Å²) in [5, 5.41) is 12.3. The highest BCUT2D eigenvalue weighted by atomic mass is 16.4. The highest BCUT2D eigenvalue weighted by Crippen LogP contribution is 2.22. The summed E-state index contributed by atoms with van der Waals surface area (Å²) in [4.78, 5) is 10.8. The Morgan fingerprint density at radius 2 is 1.43 bits per heavy atom. The van der Waals surface area contributed by atoms with Crippen molar-refractivity contribution in [2.24, 2.45) is 0 Å². The van der Waals surface area contributed by atoms with Crippen molar-refractivity contribution < 1.29 is 9.90 Å². The van der Waals surface area contributed by atoms with Crippen molar-refractivity contribution in [3.05, 3.63) is 65.2 Å². The summed E-state index contributed by atoms with van der Waals surface area (Å²) in [5.74, 6) is -0.371. The van der Waals surface area contributed by atoms with Crippen LogP contribution >= 0.6 is 0 Å². The van der Waals surface area contributed by atoms with Crippen LogP contribution in [0.15, 0.2) is 48.5 Å². The molecule has 0 amide bonds. The van der Waals surface area contributed by atoms with Crippen LogP contribution in [0.2, 0.25) is 0 Å². The van der Waals surface area contributed by atoms with E-state index in [0.29, 0.717) is 11.5 Å². The summed E-state index contributed by atoms with van der Waals surface area (Å²) in [6.45, 7) is 6.46. The number of rotatable bonds is 5. The van der Waals surface area contributed by atoms with Crippen LogP contribution in [0, 0.1) is 0 Å². The Hall–Kier alpha value is -2.29. The number of nitrogens with one attached hydrogen (secondary N) is 1. The van der Waals surface area contributed by atoms with Crippen LogP contribution in [-0.2, 0) is 0 Å². The number of anilines is 1. The monoisotopic (exact) mass is 283 g/mol. The van der Waals surface area contributed by atoms with Crippen molar-refractivity contribution in [2.75, 3.05) is 5.32 Å². The lowest BCUT2D eigenvalue weighted by molar-refractivity contribution is 0.0697. The third-order valence-electron chi connectivity index (χ3n) is 3.62. The van der Waals surface area contributed by atoms with Gasteiger partial charge in [0, 0.05) is 11.7 Å². The van der Waals surface area contributed by atoms with Gasteiger partial charge in [-0.3, -0.25) is 0 Å². The van der Waals surface area contributed by atoms with Crippen LogP contribution in [0.4, 0.5) is 5.69 Å². The van der Waals surface area contributed by atoms with E-state index in [4.69, 9.17) is 5.11 Å². The molecule has 0 aliphatic carbocycles. The molecule has 0 aliphatic rings. The number of carbonyl (C=O) groups is 1. The Labute approximate surface area is 125 Å². The fourth-order valence-electron chi connectivity index (χ4n) is 2.21. The van der Waals surface area contributed by atoms with Gasteiger partial charge in [-0.05, 0) is 48.2 Å². The van der Waals surface area contributed by atoms with Crippen LogP contribution in [-0.4, -0.2) is 11.1 Å². The topological polar surface area (TPSA) is 49.3 Å². The third-order valence-corrected chi connectivity index (χ3v) is 3.62. The zero-order chi connectivity index (χ0) is 15.4. The molecule has 0 heterocycles. The van der Waals surface area contributed by atoms with Gasteiger partial charge < -0.3 is 10.4 Å². The van der Waals surface area contributed by atoms with E-state index in [2.05, 4.69) is 50.4 Å². The Kier molecular flexibility index (Phi) is 4.63. The first kappa shape index (κ1) is 15.1. The number of hydrogen-bond donors (Lipinski definition) is 2. The normalized spacial score (nSPS) is 12.2. The summed E-state index contributed by atoms with van der Waals surface area (Å²) in [5.41, 5.74) is 3.76. The van der Waals surface area contributed by atoms with Gasteiger partial charge in [-0.1, -0.05) is 38.1 Å². The molecule has 0 spiro atoms. The zero-order valence-electron chi connectivity index (χ0n) is 12.6. The molecular weight excluding hydrogens is 262 g/mol. The van der Waals surface area contributed by atoms with Gasteiger partial charge >= 0.3 is 5.97 Å². The molecule has 0 saturated carbocycles. The fourth-order valence-corrected chi connectivity index (χ4v) is 2.21. The maximum Gasteiger partial charge on any atom is 0.335 e. The predicted molar refractivity (Wildman–Crippen MR) is 86.0 cm³/mol. The molecule has 0 bridgehead atoms. The molecule has 2 N–H and O–H groups in total. The van der Waals surface area contributed by atoms with Crippen molar-refractivity contribution >= 4 is 11.7 Å². The molecule has 0 saturated heterocycles. The van der Waals surface area contributed by atoms with E-state index in [-0.39, 0.29) is 6.04 Å². The first-order valence-corrected chi connectivity index (χ1v) is 7.17. The van der Waals surface area contributed by atoms with E-state index in [1.807, 2.05) is 0 Å². The van der Waals surface area contributed by atoms with Crippen molar-refractivity contribution in [1.82, 2.24) is 0 Å². The predicted octanol–water partition coefficient (Wildman–Crippen LogP) is 4.68. The zero-order valence-corrected chi connectivity index (χ0v) is 12.6. The Balaban J connectivity index is 2.06. The Morgan fingerprint density at radius 1 is 0.905 bits per heavy atom. The molecule has 2 rings (SSSR count). The molecule has 1 unspecified atom stereocenters. The summed E-state index contributed by atoms with van der Waals surface area (Å²) in [7, 11) is 0. The minimum atomic E-state index is -0.904. The second-order valence-corrected chi connectivity index (χ2v) is 5.57. The number of benzene rings is 2. The second kappa shape index (κ2) is 6.44. The minimum Gasteiger partial charge on any atom is -0.478 e. The van der Waals surface area contributed by atoms with E-state index in [1.165, 1.54) is 11.1 Å². The van der Waals surface area contributed by atoms with E-state index < -0.39 is 5.97 Å². The maximum absolute atomic E-state index is 10.8. The van der Waals surface area contributed by atoms with Crippen molar-refractivity contribution in [2.45, 2.75) is 32.7 Å². The summed E-state index contributed by atoms with van der Waals surface area (Å²) < 4.78 is 0. The van der Waals surface area contributed by atoms with E-state index >= 15 is 0 Å². The summed E-state index contributed by atoms with van der Waals surface area (Å²) >= 11 is 0. The molecule has 0 aliphatic heterocycles. The quantitative estimate of drug-likeness (QED) is 0.837. The average Bonchev–Trinajstić information content (AvgIpc) is 2.47. The molecule has 0 fully saturated rings. The van der Waals surface area contributed by atoms with Crippen LogP contribution in [0.5, 0.6) is 0 Å². The smallest absolute Gasteiger partial charge is 0.335 e. The molecule has 2 aromatic rings. The molecule has 3 nitrogen and oxygen atoms in total. The van der Waals surface area contributed by atoms with Gasteiger partial charge in [0.1, 0.15) is 0 Å². The lowest BCUT2D eigenvalue weighted by Gasteiger charge is -2.17. The molecule has 3 heteroatoms. The van der Waals surface area contributed by atoms with Gasteiger partial charge in [-0.25, -0.2) is 4.79 Å². The van der Waals surface area contributed by atoms with Crippen LogP contribution in [0.25, 0.3) is 0 Å². The third kappa shape index (κ3) is 3.85. The van der Waals surface area contributed by atoms with Gasteiger partial charge in [0.2, 0.25) is 0 Å². The van der Waals surface area contributed by atoms with Crippen molar-refractivity contribution in [3.8, 4) is 0 Å². The highest BCUT2D eigenvalue weighted by molar-refractivity contribution is 5.88. The standard InChI is InChI=1S/C18H21NO2/c1-12(2)14-4-6-15(7-5-14)13(3)19-17-10-8-16(9-11-17)18(20)21/h4-13,19H,1-3H3,(H,20,21). The summed E-state index contributed by atoms with van der Waals surface area (Å²) in [6, 6.07) is 15.6. The Morgan fingerprint density at radius 3 is 1.90 bits per heavy atom. The lowest BCUT2D eigenvalue weighted by Crippen LogP contribution is -2.07. The van der Waals surface area contributed by atoms with Crippen molar-refractivity contribution in [3.63, 3.8) is 0 Å². The van der Waals surface area contributed by atoms with E-state index in [1.54, 1.807) is 24.3 Å². The van der Waals surface area contributed by atoms with Gasteiger partial charge in [0.05, 0.1) is 5.56 Å². The first-order chi connectivity index (χ1) is 9.97. The summed E-state index contributed by atoms with van der Waals surface area (Å²) in [6.07, 6.45) is 0. The molecule has 2 aromatic carbocycles. The minimum absolute atomic E-state index is 0.168. The van der Waals surface area contributed by atoms with Gasteiger partial charge in [-0.2, -0.15) is 0 Å². The maximum atomic E-state index is 10.8. The van der Waals surface area contributed by atoms with E-state index in [9.17, 15) is 4.79 Å². The lowest BCUT2D eigenvalue weighted by atomic mass is 9.99. The molecule has 21 heavy (non-hydrogen) atoms. The largest absolute Gasteiger partial charge is 0.478 e. The number of aromatic carboxylic acids is 1. The second-order valence-electron chi connectivity index (χ2n) is 5.57. The first-order valence-electron chi connectivity index (χ1n) is 7.17. The van der Waals surface area contributed by atoms with Crippen LogP contribution in [0.3, 0.4) is 0 Å². The highest BCUT2D eigenvalue weighted by Gasteiger charge is 2.07. The van der Waals surface area contributed by atoms with E-state index in [0.717, 1.165) is 5.69 Å². The van der Waals surface area contributed by atoms with Crippen molar-refractivity contribution in [1.29, 1.82) is 0 Å². The van der Waals surface area contributed by atoms with Crippen LogP contribution in [0.1, 0.15) is 54.2 Å². The van der Waals surface area contributed by atoms with Crippen LogP contribution < -0.4 is 5.32 Å². The molecule has 1 atom stereocenters.